The van der Waals surface area contributed by atoms with Crippen LogP contribution in [0.4, 0.5) is 0 Å². The van der Waals surface area contributed by atoms with E-state index in [-0.39, 0.29) is 0 Å². The highest BCUT2D eigenvalue weighted by Gasteiger charge is 2.18. The Kier molecular flexibility index (Phi) is 12.6. The molecule has 0 saturated carbocycles. The number of aliphatic imine (C=N–C) groups is 2. The average Bonchev–Trinajstić information content (AvgIpc) is 3.29. The molecule has 0 amide bonds. The number of benzene rings is 6. The molecule has 0 aliphatic heterocycles. The highest BCUT2D eigenvalue weighted by atomic mass is 14.9. The van der Waals surface area contributed by atoms with Gasteiger partial charge in [-0.15, -0.1) is 0 Å². The lowest BCUT2D eigenvalue weighted by Gasteiger charge is -2.19. The van der Waals surface area contributed by atoms with Crippen molar-refractivity contribution in [3.05, 3.63) is 230 Å². The first kappa shape index (κ1) is 38.1. The Labute approximate surface area is 337 Å². The van der Waals surface area contributed by atoms with Crippen molar-refractivity contribution in [2.24, 2.45) is 9.98 Å². The van der Waals surface area contributed by atoms with E-state index in [0.717, 1.165) is 51.1 Å². The smallest absolute Gasteiger partial charge is 0.159 e. The highest BCUT2D eigenvalue weighted by Crippen LogP contribution is 2.43. The van der Waals surface area contributed by atoms with Crippen LogP contribution in [0.3, 0.4) is 0 Å². The van der Waals surface area contributed by atoms with E-state index in [2.05, 4.69) is 200 Å². The van der Waals surface area contributed by atoms with Crippen LogP contribution in [-0.4, -0.2) is 17.5 Å². The quantitative estimate of drug-likeness (QED) is 0.0660. The number of nitrogens with zero attached hydrogens (tertiary/aromatic N) is 3. The molecular weight excluding hydrogens is 691 g/mol. The largest absolute Gasteiger partial charge is 0.264 e. The minimum atomic E-state index is 0.535. The van der Waals surface area contributed by atoms with Gasteiger partial charge in [0.25, 0.3) is 0 Å². The van der Waals surface area contributed by atoms with E-state index in [1.165, 1.54) is 33.4 Å². The molecule has 0 fully saturated rings. The third-order valence-electron chi connectivity index (χ3n) is 9.80. The second-order valence-corrected chi connectivity index (χ2v) is 13.6. The van der Waals surface area contributed by atoms with E-state index < -0.39 is 0 Å². The first-order valence-electron chi connectivity index (χ1n) is 19.3. The number of aromatic nitrogens is 1. The molecule has 0 N–H and O–H groups in total. The molecule has 0 atom stereocenters. The SMILES string of the molecule is C=C/C=C(\C=C/CC)C(/N=C)=N/C(=C\Cc1cccc(-c2cccnc2)c1)c1ccc(-c2c(-c3ccccc3)cc(-c3ccccc3)cc2-c2ccccc2)cc1. The molecule has 3 nitrogen and oxygen atoms in total. The Morgan fingerprint density at radius 1 is 0.614 bits per heavy atom. The van der Waals surface area contributed by atoms with Crippen LogP contribution in [0.25, 0.3) is 61.3 Å². The summed E-state index contributed by atoms with van der Waals surface area (Å²) in [6, 6.07) is 58.0. The molecule has 6 aromatic carbocycles. The van der Waals surface area contributed by atoms with E-state index >= 15 is 0 Å². The standard InChI is InChI=1S/C54H45N3/c1-4-6-20-46(18-5-2)54(55-3)57-52(34-29-40-19-16-27-47(36-40)48-28-17-35-56-39-48)44-30-32-45(33-31-44)53-50(42-23-12-8-13-24-42)37-49(41-21-10-7-11-22-41)38-51(53)43-25-14-9-15-26-43/h5-28,30-39H,2-4,29H2,1H3/b20-6-,46-18+,52-34-,57-54-. The monoisotopic (exact) mass is 735 g/mol. The van der Waals surface area contributed by atoms with Crippen LogP contribution < -0.4 is 0 Å². The van der Waals surface area contributed by atoms with Crippen molar-refractivity contribution in [2.75, 3.05) is 0 Å². The van der Waals surface area contributed by atoms with Crippen molar-refractivity contribution in [1.29, 1.82) is 0 Å². The van der Waals surface area contributed by atoms with E-state index in [4.69, 9.17) is 4.99 Å². The fraction of sp³-hybridized carbons (Fsp3) is 0.0556. The molecule has 0 spiro atoms. The maximum Gasteiger partial charge on any atom is 0.159 e. The van der Waals surface area contributed by atoms with Gasteiger partial charge in [-0.05, 0) is 105 Å². The second kappa shape index (κ2) is 18.9. The topological polar surface area (TPSA) is 37.6 Å². The Bertz CT molecular complexity index is 2500. The van der Waals surface area contributed by atoms with Gasteiger partial charge in [0.05, 0.1) is 5.70 Å². The lowest BCUT2D eigenvalue weighted by molar-refractivity contribution is 1.22. The molecule has 3 heteroatoms. The highest BCUT2D eigenvalue weighted by molar-refractivity contribution is 6.06. The third kappa shape index (κ3) is 9.36. The zero-order chi connectivity index (χ0) is 39.2. The van der Waals surface area contributed by atoms with Crippen LogP contribution in [0.5, 0.6) is 0 Å². The summed E-state index contributed by atoms with van der Waals surface area (Å²) in [5.74, 6) is 0.535. The molecule has 0 aliphatic carbocycles. The molecule has 7 rings (SSSR count). The Hall–Kier alpha value is -7.23. The summed E-state index contributed by atoms with van der Waals surface area (Å²) in [7, 11) is 0. The van der Waals surface area contributed by atoms with Crippen molar-refractivity contribution in [3.63, 3.8) is 0 Å². The van der Waals surface area contributed by atoms with Crippen LogP contribution in [0.1, 0.15) is 24.5 Å². The minimum absolute atomic E-state index is 0.535. The summed E-state index contributed by atoms with van der Waals surface area (Å²) >= 11 is 0. The van der Waals surface area contributed by atoms with Gasteiger partial charge in [-0.25, -0.2) is 9.98 Å². The van der Waals surface area contributed by atoms with Gasteiger partial charge in [0, 0.05) is 18.0 Å². The molecule has 0 bridgehead atoms. The molecule has 57 heavy (non-hydrogen) atoms. The van der Waals surface area contributed by atoms with Crippen molar-refractivity contribution in [2.45, 2.75) is 19.8 Å². The summed E-state index contributed by atoms with van der Waals surface area (Å²) in [6.07, 6.45) is 15.2. The minimum Gasteiger partial charge on any atom is -0.264 e. The van der Waals surface area contributed by atoms with Crippen molar-refractivity contribution >= 4 is 18.3 Å². The maximum atomic E-state index is 5.18. The molecule has 0 radical (unpaired) electrons. The van der Waals surface area contributed by atoms with E-state index in [9.17, 15) is 0 Å². The van der Waals surface area contributed by atoms with Gasteiger partial charge in [-0.3, -0.25) is 4.98 Å². The first-order valence-corrected chi connectivity index (χ1v) is 19.3. The van der Waals surface area contributed by atoms with Gasteiger partial charge >= 0.3 is 0 Å². The molecule has 1 heterocycles. The predicted octanol–water partition coefficient (Wildman–Crippen LogP) is 14.2. The van der Waals surface area contributed by atoms with Crippen LogP contribution in [0.2, 0.25) is 0 Å². The Morgan fingerprint density at radius 2 is 1.23 bits per heavy atom. The molecular formula is C54H45N3. The summed E-state index contributed by atoms with van der Waals surface area (Å²) in [5, 5.41) is 0. The normalized spacial score (nSPS) is 12.1. The molecule has 0 aliphatic rings. The Balaban J connectivity index is 1.37. The maximum absolute atomic E-state index is 5.18. The summed E-state index contributed by atoms with van der Waals surface area (Å²) in [4.78, 5) is 13.9. The van der Waals surface area contributed by atoms with Crippen LogP contribution in [-0.2, 0) is 6.42 Å². The second-order valence-electron chi connectivity index (χ2n) is 13.6. The number of hydrogen-bond acceptors (Lipinski definition) is 2. The number of amidine groups is 1. The molecule has 0 unspecified atom stereocenters. The lowest BCUT2D eigenvalue weighted by atomic mass is 9.84. The van der Waals surface area contributed by atoms with Gasteiger partial charge in [0.15, 0.2) is 5.84 Å². The third-order valence-corrected chi connectivity index (χ3v) is 9.80. The lowest BCUT2D eigenvalue weighted by Crippen LogP contribution is -1.99. The van der Waals surface area contributed by atoms with E-state index in [1.54, 1.807) is 12.3 Å². The first-order chi connectivity index (χ1) is 28.1. The summed E-state index contributed by atoms with van der Waals surface area (Å²) in [6.45, 7) is 9.97. The van der Waals surface area contributed by atoms with Crippen molar-refractivity contribution in [1.82, 2.24) is 4.98 Å². The predicted molar refractivity (Wildman–Crippen MR) is 244 cm³/mol. The fourth-order valence-electron chi connectivity index (χ4n) is 6.98. The van der Waals surface area contributed by atoms with Gasteiger partial charge in [-0.1, -0.05) is 189 Å². The van der Waals surface area contributed by atoms with E-state index in [0.29, 0.717) is 12.3 Å². The van der Waals surface area contributed by atoms with Crippen LogP contribution >= 0.6 is 0 Å². The number of rotatable bonds is 13. The molecule has 7 aromatic rings. The molecule has 1 aromatic heterocycles. The molecule has 276 valence electrons. The fourth-order valence-corrected chi connectivity index (χ4v) is 6.98. The summed E-state index contributed by atoms with van der Waals surface area (Å²) < 4.78 is 0. The van der Waals surface area contributed by atoms with E-state index in [1.807, 2.05) is 24.4 Å². The van der Waals surface area contributed by atoms with Gasteiger partial charge in [0.1, 0.15) is 0 Å². The van der Waals surface area contributed by atoms with Gasteiger partial charge < -0.3 is 0 Å². The molecule has 0 saturated heterocycles. The Morgan fingerprint density at radius 3 is 1.81 bits per heavy atom. The zero-order valence-corrected chi connectivity index (χ0v) is 32.3. The van der Waals surface area contributed by atoms with Crippen LogP contribution in [0, 0.1) is 0 Å². The van der Waals surface area contributed by atoms with Gasteiger partial charge in [-0.2, -0.15) is 0 Å². The van der Waals surface area contributed by atoms with Crippen molar-refractivity contribution < 1.29 is 0 Å². The average molecular weight is 736 g/mol. The van der Waals surface area contributed by atoms with Crippen molar-refractivity contribution in [3.8, 4) is 55.6 Å². The zero-order valence-electron chi connectivity index (χ0n) is 32.3. The van der Waals surface area contributed by atoms with Gasteiger partial charge in [0.2, 0.25) is 0 Å². The number of hydrogen-bond donors (Lipinski definition) is 0. The summed E-state index contributed by atoms with van der Waals surface area (Å²) in [5.41, 5.74) is 15.3. The number of pyridine rings is 1. The van der Waals surface area contributed by atoms with Crippen LogP contribution in [0.15, 0.2) is 229 Å². The number of allylic oxidation sites excluding steroid dienone is 4.